The van der Waals surface area contributed by atoms with Gasteiger partial charge in [-0.2, -0.15) is 0 Å². The highest BCUT2D eigenvalue weighted by molar-refractivity contribution is 5.42. The lowest BCUT2D eigenvalue weighted by molar-refractivity contribution is 0.787. The number of nitrogens with one attached hydrogen (secondary N) is 2. The van der Waals surface area contributed by atoms with Crippen LogP contribution in [-0.2, 0) is 0 Å². The van der Waals surface area contributed by atoms with Gasteiger partial charge in [0.25, 0.3) is 0 Å². The lowest BCUT2D eigenvalue weighted by atomic mass is 10.0. The van der Waals surface area contributed by atoms with Crippen LogP contribution in [0.1, 0.15) is 13.3 Å². The average Bonchev–Trinajstić information content (AvgIpc) is 2.14. The van der Waals surface area contributed by atoms with E-state index in [1.807, 2.05) is 25.5 Å². The van der Waals surface area contributed by atoms with Gasteiger partial charge in [-0.25, -0.2) is 0 Å². The van der Waals surface area contributed by atoms with Gasteiger partial charge >= 0.3 is 0 Å². The molecule has 2 N–H and O–H groups in total. The van der Waals surface area contributed by atoms with Crippen LogP contribution < -0.4 is 10.6 Å². The fourth-order valence-electron chi connectivity index (χ4n) is 1.33. The molecule has 0 saturated carbocycles. The summed E-state index contributed by atoms with van der Waals surface area (Å²) in [6.45, 7) is 7.10. The molecule has 0 saturated heterocycles. The van der Waals surface area contributed by atoms with Gasteiger partial charge in [0, 0.05) is 12.4 Å². The summed E-state index contributed by atoms with van der Waals surface area (Å²) in [6, 6.07) is 0. The Balaban J connectivity index is 2.74. The van der Waals surface area contributed by atoms with Crippen LogP contribution in [0.3, 0.4) is 0 Å². The summed E-state index contributed by atoms with van der Waals surface area (Å²) in [4.78, 5) is 0. The van der Waals surface area contributed by atoms with Crippen molar-refractivity contribution in [2.75, 3.05) is 13.6 Å². The van der Waals surface area contributed by atoms with E-state index in [1.165, 1.54) is 11.1 Å². The van der Waals surface area contributed by atoms with Crippen molar-refractivity contribution in [1.82, 2.24) is 10.6 Å². The van der Waals surface area contributed by atoms with E-state index in [-0.39, 0.29) is 0 Å². The summed E-state index contributed by atoms with van der Waals surface area (Å²) in [5.74, 6) is 0. The fraction of sp³-hybridized carbons (Fsp3) is 0.333. The van der Waals surface area contributed by atoms with E-state index < -0.39 is 0 Å². The minimum atomic E-state index is 0.975. The van der Waals surface area contributed by atoms with Crippen molar-refractivity contribution in [2.45, 2.75) is 13.3 Å². The first-order valence-corrected chi connectivity index (χ1v) is 4.88. The molecule has 0 atom stereocenters. The fourth-order valence-corrected chi connectivity index (χ4v) is 1.33. The molecule has 0 aromatic rings. The monoisotopic (exact) mass is 190 g/mol. The summed E-state index contributed by atoms with van der Waals surface area (Å²) in [7, 11) is 1.96. The normalized spacial score (nSPS) is 26.3. The highest BCUT2D eigenvalue weighted by Gasteiger charge is 2.01. The highest BCUT2D eigenvalue weighted by Crippen LogP contribution is 2.16. The van der Waals surface area contributed by atoms with E-state index in [4.69, 9.17) is 0 Å². The van der Waals surface area contributed by atoms with Crippen LogP contribution >= 0.6 is 0 Å². The van der Waals surface area contributed by atoms with Crippen LogP contribution in [0.25, 0.3) is 0 Å². The largest absolute Gasteiger partial charge is 0.367 e. The first-order chi connectivity index (χ1) is 6.74. The number of rotatable bonds is 3. The Morgan fingerprint density at radius 1 is 1.50 bits per heavy atom. The summed E-state index contributed by atoms with van der Waals surface area (Å²) < 4.78 is 0. The van der Waals surface area contributed by atoms with Gasteiger partial charge in [0.05, 0.1) is 0 Å². The summed E-state index contributed by atoms with van der Waals surface area (Å²) in [5.41, 5.74) is 3.57. The maximum Gasteiger partial charge on any atom is 0.00430 e. The molecule has 0 radical (unpaired) electrons. The number of hydrogen-bond acceptors (Lipinski definition) is 2. The van der Waals surface area contributed by atoms with Gasteiger partial charge in [-0.05, 0) is 49.7 Å². The van der Waals surface area contributed by atoms with Crippen LogP contribution in [0.15, 0.2) is 47.9 Å². The topological polar surface area (TPSA) is 24.1 Å². The predicted molar refractivity (Wildman–Crippen MR) is 61.8 cm³/mol. The van der Waals surface area contributed by atoms with E-state index in [1.54, 1.807) is 0 Å². The third kappa shape index (κ3) is 3.23. The average molecular weight is 190 g/mol. The van der Waals surface area contributed by atoms with Gasteiger partial charge in [-0.1, -0.05) is 12.7 Å². The minimum absolute atomic E-state index is 0.975. The lowest BCUT2D eigenvalue weighted by Crippen LogP contribution is -2.10. The van der Waals surface area contributed by atoms with Gasteiger partial charge in [0.2, 0.25) is 0 Å². The van der Waals surface area contributed by atoms with Gasteiger partial charge in [0.1, 0.15) is 0 Å². The molecule has 0 bridgehead atoms. The van der Waals surface area contributed by atoms with Crippen LogP contribution in [0.2, 0.25) is 0 Å². The molecule has 0 fully saturated rings. The van der Waals surface area contributed by atoms with Crippen molar-refractivity contribution >= 4 is 0 Å². The zero-order chi connectivity index (χ0) is 10.4. The molecule has 1 aliphatic heterocycles. The van der Waals surface area contributed by atoms with Crippen LogP contribution in [0.4, 0.5) is 0 Å². The molecule has 1 aliphatic rings. The van der Waals surface area contributed by atoms with Crippen LogP contribution in [0, 0.1) is 0 Å². The molecule has 0 unspecified atom stereocenters. The minimum Gasteiger partial charge on any atom is -0.367 e. The lowest BCUT2D eigenvalue weighted by Gasteiger charge is -2.10. The molecule has 0 amide bonds. The maximum absolute atomic E-state index is 4.05. The van der Waals surface area contributed by atoms with E-state index in [0.29, 0.717) is 0 Å². The van der Waals surface area contributed by atoms with Crippen molar-refractivity contribution < 1.29 is 0 Å². The number of allylic oxidation sites excluding steroid dienone is 4. The van der Waals surface area contributed by atoms with Crippen molar-refractivity contribution in [3.63, 3.8) is 0 Å². The van der Waals surface area contributed by atoms with Gasteiger partial charge < -0.3 is 10.6 Å². The smallest absolute Gasteiger partial charge is 0.00430 e. The molecule has 0 aliphatic carbocycles. The van der Waals surface area contributed by atoms with Gasteiger partial charge in [-0.15, -0.1) is 0 Å². The summed E-state index contributed by atoms with van der Waals surface area (Å²) in [5, 5.41) is 6.27. The van der Waals surface area contributed by atoms with Crippen LogP contribution in [0.5, 0.6) is 0 Å². The second kappa shape index (κ2) is 5.45. The molecular formula is C12H18N2. The van der Waals surface area contributed by atoms with Crippen molar-refractivity contribution in [2.24, 2.45) is 0 Å². The van der Waals surface area contributed by atoms with E-state index in [2.05, 4.69) is 30.2 Å². The Morgan fingerprint density at radius 3 is 3.00 bits per heavy atom. The molecule has 0 spiro atoms. The Labute approximate surface area is 86.1 Å². The summed E-state index contributed by atoms with van der Waals surface area (Å²) >= 11 is 0. The third-order valence-electron chi connectivity index (χ3n) is 2.16. The van der Waals surface area contributed by atoms with Crippen LogP contribution in [-0.4, -0.2) is 13.6 Å². The second-order valence-electron chi connectivity index (χ2n) is 3.44. The van der Waals surface area contributed by atoms with Crippen molar-refractivity contribution in [3.05, 3.63) is 47.9 Å². The predicted octanol–water partition coefficient (Wildman–Crippen LogP) is 2.10. The molecular weight excluding hydrogens is 172 g/mol. The summed E-state index contributed by atoms with van der Waals surface area (Å²) in [6.07, 6.45) is 9.10. The number of hydrogen-bond donors (Lipinski definition) is 2. The standard InChI is InChI=1S/C12H18N2/c1-10-4-7-14-9-12(5-6-13-3)11(2)8-10/h4,7-9,13-14H,2,5-6H2,1,3H3/b7-4-,10-8-,12-9-. The second-order valence-corrected chi connectivity index (χ2v) is 3.44. The molecule has 14 heavy (non-hydrogen) atoms. The maximum atomic E-state index is 4.05. The Morgan fingerprint density at radius 2 is 2.29 bits per heavy atom. The SMILES string of the molecule is C=C1/C=C(C)\C=C/N/C=C\1CCNC. The molecule has 76 valence electrons. The third-order valence-corrected chi connectivity index (χ3v) is 2.16. The quantitative estimate of drug-likeness (QED) is 0.712. The van der Waals surface area contributed by atoms with E-state index in [9.17, 15) is 0 Å². The molecule has 0 aromatic carbocycles. The molecule has 2 heteroatoms. The Kier molecular flexibility index (Phi) is 4.20. The highest BCUT2D eigenvalue weighted by atomic mass is 14.8. The molecule has 2 nitrogen and oxygen atoms in total. The van der Waals surface area contributed by atoms with E-state index in [0.717, 1.165) is 18.5 Å². The Hall–Kier alpha value is -1.28. The first kappa shape index (κ1) is 10.8. The molecule has 1 rings (SSSR count). The zero-order valence-electron chi connectivity index (χ0n) is 8.93. The first-order valence-electron chi connectivity index (χ1n) is 4.88. The van der Waals surface area contributed by atoms with Gasteiger partial charge in [0.15, 0.2) is 0 Å². The molecule has 0 aromatic heterocycles. The van der Waals surface area contributed by atoms with Crippen molar-refractivity contribution in [3.8, 4) is 0 Å². The molecule has 1 heterocycles. The van der Waals surface area contributed by atoms with Gasteiger partial charge in [-0.3, -0.25) is 0 Å². The van der Waals surface area contributed by atoms with E-state index >= 15 is 0 Å². The zero-order valence-corrected chi connectivity index (χ0v) is 8.93. The Bertz CT molecular complexity index is 295. The van der Waals surface area contributed by atoms with Crippen molar-refractivity contribution in [1.29, 1.82) is 0 Å².